The van der Waals surface area contributed by atoms with E-state index in [1.54, 1.807) is 0 Å². The van der Waals surface area contributed by atoms with Crippen molar-refractivity contribution in [3.63, 3.8) is 0 Å². The molecule has 17 heavy (non-hydrogen) atoms. The zero-order chi connectivity index (χ0) is 12.1. The Morgan fingerprint density at radius 2 is 2.12 bits per heavy atom. The average molecular weight is 236 g/mol. The van der Waals surface area contributed by atoms with Crippen molar-refractivity contribution in [1.82, 2.24) is 10.2 Å². The highest BCUT2D eigenvalue weighted by atomic mass is 16.3. The second-order valence-corrected chi connectivity index (χ2v) is 5.04. The highest BCUT2D eigenvalue weighted by Gasteiger charge is 2.19. The van der Waals surface area contributed by atoms with E-state index in [0.717, 1.165) is 30.5 Å². The molecule has 0 aromatic carbocycles. The third-order valence-electron chi connectivity index (χ3n) is 3.57. The minimum absolute atomic E-state index is 0.865. The van der Waals surface area contributed by atoms with Crippen LogP contribution in [0.15, 0.2) is 16.5 Å². The lowest BCUT2D eigenvalue weighted by Gasteiger charge is -2.31. The van der Waals surface area contributed by atoms with Crippen LogP contribution in [0, 0.1) is 12.8 Å². The number of piperidine rings is 1. The molecule has 0 unspecified atom stereocenters. The summed E-state index contributed by atoms with van der Waals surface area (Å²) < 4.78 is 5.62. The van der Waals surface area contributed by atoms with Crippen LogP contribution in [0.2, 0.25) is 0 Å². The second-order valence-electron chi connectivity index (χ2n) is 5.04. The van der Waals surface area contributed by atoms with Crippen molar-refractivity contribution < 1.29 is 4.42 Å². The third-order valence-corrected chi connectivity index (χ3v) is 3.57. The molecule has 2 heterocycles. The van der Waals surface area contributed by atoms with Crippen LogP contribution in [0.3, 0.4) is 0 Å². The molecular weight excluding hydrogens is 212 g/mol. The fourth-order valence-corrected chi connectivity index (χ4v) is 2.49. The molecule has 2 rings (SSSR count). The van der Waals surface area contributed by atoms with Crippen LogP contribution in [0.4, 0.5) is 0 Å². The standard InChI is InChI=1S/C14H24N2O/c1-3-15-10-13-6-8-16(9-7-13)11-14-5-4-12(2)17-14/h4-5,13,15H,3,6-11H2,1-2H3. The fourth-order valence-electron chi connectivity index (χ4n) is 2.49. The summed E-state index contributed by atoms with van der Waals surface area (Å²) in [5.74, 6) is 2.99. The topological polar surface area (TPSA) is 28.4 Å². The molecule has 1 aromatic rings. The lowest BCUT2D eigenvalue weighted by molar-refractivity contribution is 0.165. The Labute approximate surface area is 104 Å². The van der Waals surface area contributed by atoms with E-state index in [-0.39, 0.29) is 0 Å². The molecule has 3 nitrogen and oxygen atoms in total. The molecule has 1 aliphatic heterocycles. The number of hydrogen-bond donors (Lipinski definition) is 1. The molecule has 0 amide bonds. The summed E-state index contributed by atoms with van der Waals surface area (Å²) >= 11 is 0. The van der Waals surface area contributed by atoms with Gasteiger partial charge in [0.1, 0.15) is 11.5 Å². The van der Waals surface area contributed by atoms with E-state index in [4.69, 9.17) is 4.42 Å². The van der Waals surface area contributed by atoms with Crippen molar-refractivity contribution >= 4 is 0 Å². The predicted octanol–water partition coefficient (Wildman–Crippen LogP) is 2.41. The van der Waals surface area contributed by atoms with Crippen LogP contribution in [0.1, 0.15) is 31.3 Å². The maximum atomic E-state index is 5.62. The average Bonchev–Trinajstić information content (AvgIpc) is 2.74. The zero-order valence-electron chi connectivity index (χ0n) is 11.0. The van der Waals surface area contributed by atoms with Gasteiger partial charge in [-0.2, -0.15) is 0 Å². The summed E-state index contributed by atoms with van der Waals surface area (Å²) in [7, 11) is 0. The largest absolute Gasteiger partial charge is 0.465 e. The van der Waals surface area contributed by atoms with Crippen molar-refractivity contribution in [3.8, 4) is 0 Å². The van der Waals surface area contributed by atoms with Crippen LogP contribution in [0.5, 0.6) is 0 Å². The monoisotopic (exact) mass is 236 g/mol. The Morgan fingerprint density at radius 3 is 2.71 bits per heavy atom. The van der Waals surface area contributed by atoms with Crippen molar-refractivity contribution in [2.45, 2.75) is 33.2 Å². The second kappa shape index (κ2) is 6.22. The molecule has 1 N–H and O–H groups in total. The summed E-state index contributed by atoms with van der Waals surface area (Å²) in [5, 5.41) is 3.45. The van der Waals surface area contributed by atoms with E-state index in [9.17, 15) is 0 Å². The Morgan fingerprint density at radius 1 is 1.35 bits per heavy atom. The van der Waals surface area contributed by atoms with E-state index in [1.165, 1.54) is 32.5 Å². The molecule has 96 valence electrons. The fraction of sp³-hybridized carbons (Fsp3) is 0.714. The highest BCUT2D eigenvalue weighted by Crippen LogP contribution is 2.19. The quantitative estimate of drug-likeness (QED) is 0.851. The minimum atomic E-state index is 0.865. The van der Waals surface area contributed by atoms with E-state index >= 15 is 0 Å². The SMILES string of the molecule is CCNCC1CCN(Cc2ccc(C)o2)CC1. The summed E-state index contributed by atoms with van der Waals surface area (Å²) in [6.07, 6.45) is 2.62. The van der Waals surface area contributed by atoms with Gasteiger partial charge in [-0.1, -0.05) is 6.92 Å². The van der Waals surface area contributed by atoms with Crippen LogP contribution >= 0.6 is 0 Å². The minimum Gasteiger partial charge on any atom is -0.465 e. The molecule has 0 spiro atoms. The number of likely N-dealkylation sites (tertiary alicyclic amines) is 1. The van der Waals surface area contributed by atoms with Gasteiger partial charge in [-0.05, 0) is 64.0 Å². The molecule has 3 heteroatoms. The smallest absolute Gasteiger partial charge is 0.118 e. The van der Waals surface area contributed by atoms with E-state index in [1.807, 2.05) is 13.0 Å². The first kappa shape index (κ1) is 12.7. The summed E-state index contributed by atoms with van der Waals surface area (Å²) in [5.41, 5.74) is 0. The third kappa shape index (κ3) is 3.86. The lowest BCUT2D eigenvalue weighted by Crippen LogP contribution is -2.36. The molecule has 1 aromatic heterocycles. The number of furan rings is 1. The van der Waals surface area contributed by atoms with Gasteiger partial charge in [-0.3, -0.25) is 4.90 Å². The van der Waals surface area contributed by atoms with Gasteiger partial charge in [-0.25, -0.2) is 0 Å². The highest BCUT2D eigenvalue weighted by molar-refractivity contribution is 5.05. The normalized spacial score (nSPS) is 18.7. The summed E-state index contributed by atoms with van der Waals surface area (Å²) in [4.78, 5) is 2.50. The van der Waals surface area contributed by atoms with E-state index in [2.05, 4.69) is 23.2 Å². The van der Waals surface area contributed by atoms with Gasteiger partial charge >= 0.3 is 0 Å². The first-order chi connectivity index (χ1) is 8.28. The molecule has 0 radical (unpaired) electrons. The van der Waals surface area contributed by atoms with Gasteiger partial charge in [0.2, 0.25) is 0 Å². The molecule has 0 saturated carbocycles. The molecule has 1 fully saturated rings. The van der Waals surface area contributed by atoms with Gasteiger partial charge in [0.25, 0.3) is 0 Å². The number of nitrogens with zero attached hydrogens (tertiary/aromatic N) is 1. The van der Waals surface area contributed by atoms with Crippen molar-refractivity contribution in [3.05, 3.63) is 23.7 Å². The number of hydrogen-bond acceptors (Lipinski definition) is 3. The van der Waals surface area contributed by atoms with Crippen LogP contribution in [-0.2, 0) is 6.54 Å². The number of rotatable bonds is 5. The summed E-state index contributed by atoms with van der Waals surface area (Å²) in [6, 6.07) is 4.15. The number of nitrogens with one attached hydrogen (secondary N) is 1. The van der Waals surface area contributed by atoms with Gasteiger partial charge in [0.05, 0.1) is 6.54 Å². The summed E-state index contributed by atoms with van der Waals surface area (Å²) in [6.45, 7) is 9.84. The Balaban J connectivity index is 1.72. The Hall–Kier alpha value is -0.800. The van der Waals surface area contributed by atoms with Gasteiger partial charge in [0, 0.05) is 0 Å². The predicted molar refractivity (Wildman–Crippen MR) is 70.0 cm³/mol. The first-order valence-corrected chi connectivity index (χ1v) is 6.76. The maximum absolute atomic E-state index is 5.62. The van der Waals surface area contributed by atoms with E-state index < -0.39 is 0 Å². The first-order valence-electron chi connectivity index (χ1n) is 6.76. The molecule has 1 aliphatic rings. The molecular formula is C14H24N2O. The van der Waals surface area contributed by atoms with Gasteiger partial charge in [-0.15, -0.1) is 0 Å². The molecule has 0 bridgehead atoms. The van der Waals surface area contributed by atoms with Gasteiger partial charge < -0.3 is 9.73 Å². The van der Waals surface area contributed by atoms with Crippen LogP contribution in [-0.4, -0.2) is 31.1 Å². The van der Waals surface area contributed by atoms with Gasteiger partial charge in [0.15, 0.2) is 0 Å². The zero-order valence-corrected chi connectivity index (χ0v) is 11.0. The Kier molecular flexibility index (Phi) is 4.63. The van der Waals surface area contributed by atoms with Crippen molar-refractivity contribution in [1.29, 1.82) is 0 Å². The Bertz CT molecular complexity index is 327. The molecule has 0 aliphatic carbocycles. The number of aryl methyl sites for hydroxylation is 1. The lowest BCUT2D eigenvalue weighted by atomic mass is 9.97. The van der Waals surface area contributed by atoms with Crippen molar-refractivity contribution in [2.75, 3.05) is 26.2 Å². The van der Waals surface area contributed by atoms with E-state index in [0.29, 0.717) is 0 Å². The molecule has 0 atom stereocenters. The molecule has 1 saturated heterocycles. The van der Waals surface area contributed by atoms with Crippen molar-refractivity contribution in [2.24, 2.45) is 5.92 Å². The van der Waals surface area contributed by atoms with Crippen LogP contribution < -0.4 is 5.32 Å². The van der Waals surface area contributed by atoms with Crippen LogP contribution in [0.25, 0.3) is 0 Å². The maximum Gasteiger partial charge on any atom is 0.118 e.